The molecule has 2 atom stereocenters. The van der Waals surface area contributed by atoms with Crippen LogP contribution in [0.3, 0.4) is 0 Å². The first-order valence-corrected chi connectivity index (χ1v) is 6.50. The number of thioether (sulfide) groups is 1. The Morgan fingerprint density at radius 3 is 2.12 bits per heavy atom. The van der Waals surface area contributed by atoms with E-state index >= 15 is 0 Å². The second-order valence-electron chi connectivity index (χ2n) is 5.92. The second-order valence-corrected chi connectivity index (χ2v) is 7.59. The molecule has 3 heteroatoms. The van der Waals surface area contributed by atoms with E-state index in [0.717, 1.165) is 0 Å². The predicted molar refractivity (Wildman–Crippen MR) is 69.9 cm³/mol. The second kappa shape index (κ2) is 3.18. The van der Waals surface area contributed by atoms with Gasteiger partial charge in [-0.3, -0.25) is 0 Å². The number of fused-ring (bicyclic) bond motifs is 1. The average molecular weight is 244 g/mol. The van der Waals surface area contributed by atoms with E-state index in [4.69, 9.17) is 0 Å². The lowest BCUT2D eigenvalue weighted by Gasteiger charge is -2.57. The first kappa shape index (κ1) is 12.3. The summed E-state index contributed by atoms with van der Waals surface area (Å²) in [7, 11) is 0. The normalized spacial score (nSPS) is 35.6. The van der Waals surface area contributed by atoms with E-state index in [1.54, 1.807) is 11.8 Å². The highest BCUT2D eigenvalue weighted by Crippen LogP contribution is 2.73. The van der Waals surface area contributed by atoms with Crippen LogP contribution in [-0.2, 0) is 0 Å². The van der Waals surface area contributed by atoms with Crippen molar-refractivity contribution in [3.8, 4) is 12.1 Å². The van der Waals surface area contributed by atoms with E-state index in [1.165, 1.54) is 4.91 Å². The van der Waals surface area contributed by atoms with Gasteiger partial charge in [0.25, 0.3) is 0 Å². The zero-order chi connectivity index (χ0) is 13.1. The van der Waals surface area contributed by atoms with Gasteiger partial charge >= 0.3 is 0 Å². The van der Waals surface area contributed by atoms with Crippen molar-refractivity contribution in [1.82, 2.24) is 0 Å². The fraction of sp³-hybridized carbons (Fsp3) is 0.571. The van der Waals surface area contributed by atoms with Crippen LogP contribution < -0.4 is 0 Å². The lowest BCUT2D eigenvalue weighted by Crippen LogP contribution is -2.58. The molecule has 17 heavy (non-hydrogen) atoms. The maximum atomic E-state index is 9.37. The monoisotopic (exact) mass is 244 g/mol. The predicted octanol–water partition coefficient (Wildman–Crippen LogP) is 3.79. The van der Waals surface area contributed by atoms with Crippen molar-refractivity contribution in [3.05, 3.63) is 22.1 Å². The van der Waals surface area contributed by atoms with Crippen molar-refractivity contribution in [2.45, 2.75) is 39.4 Å². The van der Waals surface area contributed by atoms with Crippen molar-refractivity contribution in [2.75, 3.05) is 0 Å². The van der Waals surface area contributed by atoms with Gasteiger partial charge in [0, 0.05) is 5.41 Å². The highest BCUT2D eigenvalue weighted by atomic mass is 32.2. The van der Waals surface area contributed by atoms with Gasteiger partial charge in [-0.15, -0.1) is 11.8 Å². The summed E-state index contributed by atoms with van der Waals surface area (Å²) in [5.74, 6) is 0. The summed E-state index contributed by atoms with van der Waals surface area (Å²) in [4.78, 5) is 1.21. The maximum absolute atomic E-state index is 9.37. The molecule has 1 aliphatic carbocycles. The number of rotatable bonds is 0. The molecule has 0 saturated heterocycles. The maximum Gasteiger partial charge on any atom is 0.0973 e. The van der Waals surface area contributed by atoms with Gasteiger partial charge in [-0.25, -0.2) is 0 Å². The summed E-state index contributed by atoms with van der Waals surface area (Å²) in [6.45, 7) is 10.6. The molecule has 2 nitrogen and oxygen atoms in total. The van der Waals surface area contributed by atoms with Gasteiger partial charge < -0.3 is 0 Å². The van der Waals surface area contributed by atoms with Gasteiger partial charge in [-0.1, -0.05) is 26.8 Å². The van der Waals surface area contributed by atoms with Gasteiger partial charge in [0.1, 0.15) is 0 Å². The van der Waals surface area contributed by atoms with Gasteiger partial charge in [0.15, 0.2) is 0 Å². The van der Waals surface area contributed by atoms with Crippen LogP contribution in [0.25, 0.3) is 0 Å². The molecule has 1 heterocycles. The Kier molecular flexibility index (Phi) is 2.29. The number of hydrogen-bond donors (Lipinski definition) is 0. The van der Waals surface area contributed by atoms with Crippen molar-refractivity contribution in [3.63, 3.8) is 0 Å². The lowest BCUT2D eigenvalue weighted by atomic mass is 9.47. The summed E-state index contributed by atoms with van der Waals surface area (Å²) in [5, 5.41) is 18.6. The molecule has 2 unspecified atom stereocenters. The van der Waals surface area contributed by atoms with Crippen LogP contribution in [0.15, 0.2) is 22.1 Å². The molecule has 0 amide bonds. The van der Waals surface area contributed by atoms with E-state index in [2.05, 4.69) is 52.8 Å². The van der Waals surface area contributed by atoms with Crippen LogP contribution in [-0.4, -0.2) is 4.75 Å². The molecule has 2 rings (SSSR count). The Hall–Kier alpha value is -1.19. The number of nitrogens with zero attached hydrogens (tertiary/aromatic N) is 2. The molecule has 0 N–H and O–H groups in total. The topological polar surface area (TPSA) is 47.6 Å². The van der Waals surface area contributed by atoms with Crippen LogP contribution in [0.5, 0.6) is 0 Å². The molecule has 0 spiro atoms. The molecule has 0 saturated carbocycles. The minimum absolute atomic E-state index is 0.0576. The molecule has 0 aromatic heterocycles. The Balaban J connectivity index is 2.76. The minimum Gasteiger partial charge on any atom is -0.193 e. The van der Waals surface area contributed by atoms with Gasteiger partial charge in [0.05, 0.1) is 28.0 Å². The summed E-state index contributed by atoms with van der Waals surface area (Å²) < 4.78 is -0.255. The highest BCUT2D eigenvalue weighted by molar-refractivity contribution is 8.05. The molecule has 1 aliphatic heterocycles. The fourth-order valence-corrected chi connectivity index (χ4v) is 5.18. The zero-order valence-corrected chi connectivity index (χ0v) is 11.7. The number of nitriles is 2. The average Bonchev–Trinajstić information content (AvgIpc) is 2.40. The van der Waals surface area contributed by atoms with Gasteiger partial charge in [-0.05, 0) is 24.2 Å². The largest absolute Gasteiger partial charge is 0.193 e. The summed E-state index contributed by atoms with van der Waals surface area (Å²) in [6.07, 6.45) is 2.19. The Morgan fingerprint density at radius 2 is 1.71 bits per heavy atom. The molecule has 2 aliphatic rings. The van der Waals surface area contributed by atoms with Crippen molar-refractivity contribution >= 4 is 11.8 Å². The van der Waals surface area contributed by atoms with Crippen LogP contribution in [0, 0.1) is 33.5 Å². The molecule has 88 valence electrons. The summed E-state index contributed by atoms with van der Waals surface area (Å²) in [6, 6.07) is 4.50. The van der Waals surface area contributed by atoms with Crippen molar-refractivity contribution in [1.29, 1.82) is 10.5 Å². The molecular weight excluding hydrogens is 228 g/mol. The van der Waals surface area contributed by atoms with Crippen LogP contribution in [0.4, 0.5) is 0 Å². The molecular formula is C14H16N2S. The van der Waals surface area contributed by atoms with E-state index in [0.29, 0.717) is 11.1 Å². The Bertz CT molecular complexity index is 536. The van der Waals surface area contributed by atoms with Crippen LogP contribution >= 0.6 is 11.8 Å². The molecule has 0 bridgehead atoms. The standard InChI is InChI=1S/C14H16N2S/c1-9-6-14(12(2,3)4)11(8-16)10(7-15)13(14,5)17-9/h6H,1-5H3. The SMILES string of the molecule is CC1=CC2(C(C)(C)C)C(C#N)=C(C#N)C2(C)S1. The number of hydrogen-bond acceptors (Lipinski definition) is 3. The van der Waals surface area contributed by atoms with E-state index < -0.39 is 0 Å². The quantitative estimate of drug-likeness (QED) is 0.651. The third kappa shape index (κ3) is 1.11. The highest BCUT2D eigenvalue weighted by Gasteiger charge is 2.69. The van der Waals surface area contributed by atoms with Crippen LogP contribution in [0.2, 0.25) is 0 Å². The molecule has 0 aromatic rings. The van der Waals surface area contributed by atoms with E-state index in [-0.39, 0.29) is 15.6 Å². The molecule has 0 radical (unpaired) electrons. The Morgan fingerprint density at radius 1 is 1.18 bits per heavy atom. The van der Waals surface area contributed by atoms with Crippen molar-refractivity contribution < 1.29 is 0 Å². The first-order valence-electron chi connectivity index (χ1n) is 5.68. The third-order valence-corrected chi connectivity index (χ3v) is 5.44. The number of allylic oxidation sites excluding steroid dienone is 3. The molecule has 0 aromatic carbocycles. The first-order chi connectivity index (χ1) is 7.74. The zero-order valence-electron chi connectivity index (χ0n) is 10.9. The van der Waals surface area contributed by atoms with Crippen LogP contribution in [0.1, 0.15) is 34.6 Å². The van der Waals surface area contributed by atoms with Gasteiger partial charge in [-0.2, -0.15) is 10.5 Å². The van der Waals surface area contributed by atoms with Crippen molar-refractivity contribution in [2.24, 2.45) is 10.8 Å². The summed E-state index contributed by atoms with van der Waals surface area (Å²) in [5.41, 5.74) is 0.985. The minimum atomic E-state index is -0.283. The third-order valence-electron chi connectivity index (χ3n) is 4.07. The molecule has 0 fully saturated rings. The Labute approximate surface area is 107 Å². The van der Waals surface area contributed by atoms with Gasteiger partial charge in [0.2, 0.25) is 0 Å². The van der Waals surface area contributed by atoms with E-state index in [9.17, 15) is 10.5 Å². The smallest absolute Gasteiger partial charge is 0.0973 e. The summed E-state index contributed by atoms with van der Waals surface area (Å²) >= 11 is 1.72. The lowest BCUT2D eigenvalue weighted by molar-refractivity contribution is 0.137. The fourth-order valence-electron chi connectivity index (χ4n) is 3.42. The van der Waals surface area contributed by atoms with E-state index in [1.807, 2.05) is 0 Å².